The molecule has 0 aliphatic heterocycles. The molecular weight excluding hydrogens is 219 g/mol. The van der Waals surface area contributed by atoms with Crippen molar-refractivity contribution in [3.8, 4) is 0 Å². The quantitative estimate of drug-likeness (QED) is 0.827. The minimum Gasteiger partial charge on any atom is -0.326 e. The van der Waals surface area contributed by atoms with Gasteiger partial charge in [-0.3, -0.25) is 0 Å². The van der Waals surface area contributed by atoms with E-state index in [4.69, 9.17) is 5.73 Å². The molecule has 0 amide bonds. The van der Waals surface area contributed by atoms with Gasteiger partial charge in [-0.15, -0.1) is 0 Å². The average molecular weight is 232 g/mol. The van der Waals surface area contributed by atoms with Crippen molar-refractivity contribution in [2.75, 3.05) is 14.1 Å². The Morgan fingerprint density at radius 2 is 2.00 bits per heavy atom. The number of rotatable bonds is 3. The molecule has 0 radical (unpaired) electrons. The summed E-state index contributed by atoms with van der Waals surface area (Å²) >= 11 is 0. The third-order valence-corrected chi connectivity index (χ3v) is 3.84. The molecule has 0 heterocycles. The standard InChI is InChI=1S/C9H13FN2O2S/c1-12(2)15(13,14)9-4-3-7(6-11)5-8(9)10/h3-5H,6,11H2,1-2H3. The van der Waals surface area contributed by atoms with Crippen LogP contribution in [0.3, 0.4) is 0 Å². The number of nitrogens with zero attached hydrogens (tertiary/aromatic N) is 1. The van der Waals surface area contributed by atoms with Crippen LogP contribution in [0.15, 0.2) is 23.1 Å². The number of nitrogens with two attached hydrogens (primary N) is 1. The van der Waals surface area contributed by atoms with Gasteiger partial charge in [0.05, 0.1) is 0 Å². The summed E-state index contributed by atoms with van der Waals surface area (Å²) < 4.78 is 37.6. The van der Waals surface area contributed by atoms with E-state index in [0.29, 0.717) is 5.56 Å². The second-order valence-corrected chi connectivity index (χ2v) is 5.38. The van der Waals surface area contributed by atoms with E-state index in [1.54, 1.807) is 0 Å². The highest BCUT2D eigenvalue weighted by atomic mass is 32.2. The molecule has 4 nitrogen and oxygen atoms in total. The summed E-state index contributed by atoms with van der Waals surface area (Å²) in [6.45, 7) is 0.180. The monoisotopic (exact) mass is 232 g/mol. The number of hydrogen-bond acceptors (Lipinski definition) is 3. The first kappa shape index (κ1) is 12.1. The highest BCUT2D eigenvalue weighted by Crippen LogP contribution is 2.18. The second-order valence-electron chi connectivity index (χ2n) is 3.26. The molecule has 0 bridgehead atoms. The fraction of sp³-hybridized carbons (Fsp3) is 0.333. The van der Waals surface area contributed by atoms with Crippen molar-refractivity contribution < 1.29 is 12.8 Å². The van der Waals surface area contributed by atoms with Crippen LogP contribution in [0.5, 0.6) is 0 Å². The number of hydrogen-bond donors (Lipinski definition) is 1. The highest BCUT2D eigenvalue weighted by molar-refractivity contribution is 7.89. The fourth-order valence-electron chi connectivity index (χ4n) is 1.08. The Labute approximate surface area is 88.6 Å². The van der Waals surface area contributed by atoms with Crippen LogP contribution in [0.25, 0.3) is 0 Å². The van der Waals surface area contributed by atoms with Gasteiger partial charge in [0, 0.05) is 20.6 Å². The molecule has 0 saturated carbocycles. The maximum Gasteiger partial charge on any atom is 0.245 e. The summed E-state index contributed by atoms with van der Waals surface area (Å²) in [5, 5.41) is 0. The van der Waals surface area contributed by atoms with Gasteiger partial charge in [-0.05, 0) is 17.7 Å². The smallest absolute Gasteiger partial charge is 0.245 e. The van der Waals surface area contributed by atoms with Gasteiger partial charge < -0.3 is 5.73 Å². The first-order valence-corrected chi connectivity index (χ1v) is 5.74. The molecule has 84 valence electrons. The summed E-state index contributed by atoms with van der Waals surface area (Å²) in [6, 6.07) is 3.86. The van der Waals surface area contributed by atoms with Crippen LogP contribution in [0, 0.1) is 5.82 Å². The van der Waals surface area contributed by atoms with E-state index < -0.39 is 15.8 Å². The maximum absolute atomic E-state index is 13.4. The van der Waals surface area contributed by atoms with Crippen LogP contribution in [0.2, 0.25) is 0 Å². The summed E-state index contributed by atoms with van der Waals surface area (Å²) in [6.07, 6.45) is 0. The van der Waals surface area contributed by atoms with Crippen molar-refractivity contribution >= 4 is 10.0 Å². The average Bonchev–Trinajstić information content (AvgIpc) is 2.16. The number of benzene rings is 1. The number of sulfonamides is 1. The summed E-state index contributed by atoms with van der Waals surface area (Å²) in [4.78, 5) is -0.329. The Morgan fingerprint density at radius 3 is 2.40 bits per heavy atom. The molecular formula is C9H13FN2O2S. The van der Waals surface area contributed by atoms with E-state index in [1.165, 1.54) is 26.2 Å². The summed E-state index contributed by atoms with van der Waals surface area (Å²) in [7, 11) is -1.01. The fourth-order valence-corrected chi connectivity index (χ4v) is 2.02. The Bertz CT molecular complexity index is 457. The lowest BCUT2D eigenvalue weighted by molar-refractivity contribution is 0.507. The van der Waals surface area contributed by atoms with Crippen molar-refractivity contribution in [1.29, 1.82) is 0 Å². The zero-order valence-electron chi connectivity index (χ0n) is 8.57. The molecule has 0 unspecified atom stereocenters. The van der Waals surface area contributed by atoms with Crippen molar-refractivity contribution in [2.24, 2.45) is 5.73 Å². The summed E-state index contributed by atoms with van der Waals surface area (Å²) in [5.74, 6) is -0.772. The van der Waals surface area contributed by atoms with E-state index in [-0.39, 0.29) is 11.4 Å². The molecule has 1 rings (SSSR count). The normalized spacial score (nSPS) is 12.1. The van der Waals surface area contributed by atoms with E-state index >= 15 is 0 Å². The van der Waals surface area contributed by atoms with E-state index in [1.807, 2.05) is 0 Å². The highest BCUT2D eigenvalue weighted by Gasteiger charge is 2.21. The zero-order chi connectivity index (χ0) is 11.6. The van der Waals surface area contributed by atoms with Crippen molar-refractivity contribution in [3.05, 3.63) is 29.6 Å². The topological polar surface area (TPSA) is 63.4 Å². The SMILES string of the molecule is CN(C)S(=O)(=O)c1ccc(CN)cc1F. The summed E-state index contributed by atoms with van der Waals surface area (Å²) in [5.41, 5.74) is 5.87. The first-order valence-electron chi connectivity index (χ1n) is 4.30. The van der Waals surface area contributed by atoms with E-state index in [9.17, 15) is 12.8 Å². The van der Waals surface area contributed by atoms with Crippen LogP contribution in [-0.2, 0) is 16.6 Å². The largest absolute Gasteiger partial charge is 0.326 e. The molecule has 0 atom stereocenters. The van der Waals surface area contributed by atoms with Crippen LogP contribution in [0.4, 0.5) is 4.39 Å². The van der Waals surface area contributed by atoms with Gasteiger partial charge >= 0.3 is 0 Å². The molecule has 0 saturated heterocycles. The van der Waals surface area contributed by atoms with Crippen molar-refractivity contribution in [3.63, 3.8) is 0 Å². The molecule has 0 aliphatic rings. The van der Waals surface area contributed by atoms with Gasteiger partial charge in [-0.25, -0.2) is 17.1 Å². The van der Waals surface area contributed by atoms with Gasteiger partial charge in [0.25, 0.3) is 0 Å². The Kier molecular flexibility index (Phi) is 3.43. The van der Waals surface area contributed by atoms with Crippen LogP contribution in [-0.4, -0.2) is 26.8 Å². The molecule has 6 heteroatoms. The lowest BCUT2D eigenvalue weighted by Crippen LogP contribution is -2.23. The number of halogens is 1. The third kappa shape index (κ3) is 2.34. The predicted octanol–water partition coefficient (Wildman–Crippen LogP) is 0.535. The predicted molar refractivity (Wildman–Crippen MR) is 55.2 cm³/mol. The van der Waals surface area contributed by atoms with E-state index in [0.717, 1.165) is 10.4 Å². The zero-order valence-corrected chi connectivity index (χ0v) is 9.38. The minimum atomic E-state index is -3.72. The molecule has 0 fully saturated rings. The molecule has 0 spiro atoms. The van der Waals surface area contributed by atoms with E-state index in [2.05, 4.69) is 0 Å². The lowest BCUT2D eigenvalue weighted by Gasteiger charge is -2.12. The van der Waals surface area contributed by atoms with Crippen LogP contribution >= 0.6 is 0 Å². The van der Waals surface area contributed by atoms with Crippen molar-refractivity contribution in [2.45, 2.75) is 11.4 Å². The van der Waals surface area contributed by atoms with Gasteiger partial charge in [-0.1, -0.05) is 6.07 Å². The van der Waals surface area contributed by atoms with Gasteiger partial charge in [0.2, 0.25) is 10.0 Å². The molecule has 2 N–H and O–H groups in total. The Balaban J connectivity index is 3.29. The van der Waals surface area contributed by atoms with Crippen molar-refractivity contribution in [1.82, 2.24) is 4.31 Å². The molecule has 1 aromatic rings. The van der Waals surface area contributed by atoms with Gasteiger partial charge in [0.15, 0.2) is 0 Å². The lowest BCUT2D eigenvalue weighted by atomic mass is 10.2. The maximum atomic E-state index is 13.4. The second kappa shape index (κ2) is 4.26. The molecule has 15 heavy (non-hydrogen) atoms. The molecule has 0 aliphatic carbocycles. The minimum absolute atomic E-state index is 0.180. The van der Waals surface area contributed by atoms with Gasteiger partial charge in [0.1, 0.15) is 10.7 Å². The molecule has 1 aromatic carbocycles. The van der Waals surface area contributed by atoms with Gasteiger partial charge in [-0.2, -0.15) is 0 Å². The molecule has 0 aromatic heterocycles. The third-order valence-electron chi connectivity index (χ3n) is 1.99. The Morgan fingerprint density at radius 1 is 1.40 bits per heavy atom. The van der Waals surface area contributed by atoms with Crippen LogP contribution in [0.1, 0.15) is 5.56 Å². The first-order chi connectivity index (χ1) is 6.89. The van der Waals surface area contributed by atoms with Crippen LogP contribution < -0.4 is 5.73 Å². The Hall–Kier alpha value is -0.980.